The Kier molecular flexibility index (Phi) is 6.12. The Balaban J connectivity index is 1.92. The molecule has 0 unspecified atom stereocenters. The number of halogens is 4. The van der Waals surface area contributed by atoms with Crippen molar-refractivity contribution in [2.75, 3.05) is 0 Å². The third-order valence-electron chi connectivity index (χ3n) is 4.22. The summed E-state index contributed by atoms with van der Waals surface area (Å²) in [6, 6.07) is 6.67. The molecule has 10 heteroatoms. The first-order chi connectivity index (χ1) is 13.7. The van der Waals surface area contributed by atoms with Gasteiger partial charge in [0.05, 0.1) is 22.0 Å². The van der Waals surface area contributed by atoms with Crippen molar-refractivity contribution in [3.05, 3.63) is 78.3 Å². The molecule has 1 aromatic heterocycles. The van der Waals surface area contributed by atoms with Crippen LogP contribution in [-0.4, -0.2) is 22.0 Å². The fourth-order valence-corrected chi connectivity index (χ4v) is 3.48. The van der Waals surface area contributed by atoms with Gasteiger partial charge in [-0.2, -0.15) is 0 Å². The van der Waals surface area contributed by atoms with Gasteiger partial charge in [0.1, 0.15) is 11.4 Å². The molecular weight excluding hydrogens is 446 g/mol. The van der Waals surface area contributed by atoms with Crippen LogP contribution >= 0.6 is 34.8 Å². The zero-order valence-corrected chi connectivity index (χ0v) is 16.8. The van der Waals surface area contributed by atoms with E-state index >= 15 is 0 Å². The minimum Gasteiger partial charge on any atom is -0.477 e. The Morgan fingerprint density at radius 3 is 2.48 bits per heavy atom. The van der Waals surface area contributed by atoms with Crippen LogP contribution in [0.25, 0.3) is 10.9 Å². The molecule has 0 fully saturated rings. The van der Waals surface area contributed by atoms with Gasteiger partial charge >= 0.3 is 5.97 Å². The molecule has 0 spiro atoms. The number of H-pyrrole nitrogens is 1. The fraction of sp³-hybridized carbons (Fsp3) is 0.105. The Morgan fingerprint density at radius 1 is 1.10 bits per heavy atom. The summed E-state index contributed by atoms with van der Waals surface area (Å²) < 4.78 is 13.9. The van der Waals surface area contributed by atoms with Gasteiger partial charge in [0, 0.05) is 28.1 Å². The maximum atomic E-state index is 13.9. The molecule has 0 aliphatic carbocycles. The zero-order valence-electron chi connectivity index (χ0n) is 14.5. The van der Waals surface area contributed by atoms with Crippen molar-refractivity contribution >= 4 is 57.6 Å². The topological polar surface area (TPSA) is 99.3 Å². The van der Waals surface area contributed by atoms with Gasteiger partial charge in [0.25, 0.3) is 5.56 Å². The van der Waals surface area contributed by atoms with Crippen LogP contribution in [0.5, 0.6) is 0 Å². The number of pyridine rings is 1. The van der Waals surface area contributed by atoms with E-state index in [1.165, 1.54) is 30.3 Å². The molecule has 0 saturated carbocycles. The standard InChI is InChI=1S/C19H12Cl3FN2O4/c20-12-2-1-3-14(23)9(12)6-15(26)24-7-11-16(22)13(21)5-8-4-10(19(28)29)18(27)25-17(8)11/h1-5H,6-7H2,(H,24,26)(H,25,27)(H,28,29). The highest BCUT2D eigenvalue weighted by Gasteiger charge is 2.18. The first kappa shape index (κ1) is 21.1. The zero-order chi connectivity index (χ0) is 21.3. The Labute approximate surface area is 178 Å². The van der Waals surface area contributed by atoms with Crippen molar-refractivity contribution in [2.45, 2.75) is 13.0 Å². The second kappa shape index (κ2) is 8.41. The molecule has 0 atom stereocenters. The van der Waals surface area contributed by atoms with E-state index in [1.807, 2.05) is 0 Å². The molecule has 0 aliphatic heterocycles. The number of rotatable bonds is 5. The van der Waals surface area contributed by atoms with Crippen molar-refractivity contribution in [1.82, 2.24) is 10.3 Å². The molecule has 2 aromatic carbocycles. The number of hydrogen-bond acceptors (Lipinski definition) is 3. The number of hydrogen-bond donors (Lipinski definition) is 3. The smallest absolute Gasteiger partial charge is 0.341 e. The van der Waals surface area contributed by atoms with Crippen LogP contribution in [0.4, 0.5) is 4.39 Å². The number of fused-ring (bicyclic) bond motifs is 1. The molecule has 6 nitrogen and oxygen atoms in total. The molecule has 3 N–H and O–H groups in total. The number of aromatic amines is 1. The number of aromatic carboxylic acids is 1. The van der Waals surface area contributed by atoms with Crippen LogP contribution < -0.4 is 10.9 Å². The third kappa shape index (κ3) is 4.37. The summed E-state index contributed by atoms with van der Waals surface area (Å²) >= 11 is 18.2. The fourth-order valence-electron chi connectivity index (χ4n) is 2.80. The molecule has 0 radical (unpaired) electrons. The van der Waals surface area contributed by atoms with Gasteiger partial charge in [-0.05, 0) is 24.3 Å². The SMILES string of the molecule is O=C(Cc1c(F)cccc1Cl)NCc1c(Cl)c(Cl)cc2cc(C(=O)O)c(=O)[nH]c12. The molecule has 3 rings (SSSR count). The summed E-state index contributed by atoms with van der Waals surface area (Å²) in [4.78, 5) is 37.9. The first-order valence-corrected chi connectivity index (χ1v) is 9.29. The Morgan fingerprint density at radius 2 is 1.83 bits per heavy atom. The van der Waals surface area contributed by atoms with Crippen molar-refractivity contribution < 1.29 is 19.1 Å². The van der Waals surface area contributed by atoms with E-state index in [9.17, 15) is 18.8 Å². The monoisotopic (exact) mass is 456 g/mol. The number of carbonyl (C=O) groups is 2. The van der Waals surface area contributed by atoms with Gasteiger partial charge in [-0.15, -0.1) is 0 Å². The van der Waals surface area contributed by atoms with E-state index in [0.717, 1.165) is 0 Å². The van der Waals surface area contributed by atoms with Crippen LogP contribution in [0, 0.1) is 5.82 Å². The number of carboxylic acids is 1. The summed E-state index contributed by atoms with van der Waals surface area (Å²) in [7, 11) is 0. The van der Waals surface area contributed by atoms with Crippen molar-refractivity contribution in [3.63, 3.8) is 0 Å². The lowest BCUT2D eigenvalue weighted by Crippen LogP contribution is -2.26. The second-order valence-electron chi connectivity index (χ2n) is 6.09. The molecule has 1 amide bonds. The average Bonchev–Trinajstić information content (AvgIpc) is 2.65. The molecule has 150 valence electrons. The minimum atomic E-state index is -1.39. The largest absolute Gasteiger partial charge is 0.477 e. The van der Waals surface area contributed by atoms with Gasteiger partial charge in [0.2, 0.25) is 5.91 Å². The molecule has 29 heavy (non-hydrogen) atoms. The minimum absolute atomic E-state index is 0.0493. The highest BCUT2D eigenvalue weighted by Crippen LogP contribution is 2.32. The van der Waals surface area contributed by atoms with E-state index in [2.05, 4.69) is 10.3 Å². The maximum Gasteiger partial charge on any atom is 0.341 e. The number of amides is 1. The Bertz CT molecular complexity index is 1190. The number of aromatic nitrogens is 1. The molecule has 0 bridgehead atoms. The van der Waals surface area contributed by atoms with Crippen LogP contribution in [0.3, 0.4) is 0 Å². The molecule has 0 aliphatic rings. The number of carboxylic acid groups (broad SMARTS) is 1. The van der Waals surface area contributed by atoms with Gasteiger partial charge < -0.3 is 15.4 Å². The number of nitrogens with one attached hydrogen (secondary N) is 2. The van der Waals surface area contributed by atoms with E-state index in [0.29, 0.717) is 5.39 Å². The Hall–Kier alpha value is -2.61. The van der Waals surface area contributed by atoms with E-state index < -0.39 is 28.8 Å². The quantitative estimate of drug-likeness (QED) is 0.535. The summed E-state index contributed by atoms with van der Waals surface area (Å²) in [6.45, 7) is -0.136. The van der Waals surface area contributed by atoms with Crippen molar-refractivity contribution in [2.24, 2.45) is 0 Å². The highest BCUT2D eigenvalue weighted by atomic mass is 35.5. The summed E-state index contributed by atoms with van der Waals surface area (Å²) in [5, 5.41) is 12.3. The first-order valence-electron chi connectivity index (χ1n) is 8.15. The lowest BCUT2D eigenvalue weighted by atomic mass is 10.1. The third-order valence-corrected chi connectivity index (χ3v) is 5.40. The van der Waals surface area contributed by atoms with Crippen molar-refractivity contribution in [1.29, 1.82) is 0 Å². The molecule has 1 heterocycles. The summed E-state index contributed by atoms with van der Waals surface area (Å²) in [6.07, 6.45) is -0.304. The maximum absolute atomic E-state index is 13.9. The summed E-state index contributed by atoms with van der Waals surface area (Å²) in [5.74, 6) is -2.54. The highest BCUT2D eigenvalue weighted by molar-refractivity contribution is 6.43. The lowest BCUT2D eigenvalue weighted by Gasteiger charge is -2.13. The van der Waals surface area contributed by atoms with Crippen LogP contribution in [0.2, 0.25) is 15.1 Å². The molecule has 0 saturated heterocycles. The average molecular weight is 458 g/mol. The van der Waals surface area contributed by atoms with Gasteiger partial charge in [-0.3, -0.25) is 9.59 Å². The van der Waals surface area contributed by atoms with Crippen LogP contribution in [0.15, 0.2) is 35.1 Å². The summed E-state index contributed by atoms with van der Waals surface area (Å²) in [5.41, 5.74) is -0.711. The predicted molar refractivity (Wildman–Crippen MR) is 109 cm³/mol. The van der Waals surface area contributed by atoms with Crippen LogP contribution in [0.1, 0.15) is 21.5 Å². The van der Waals surface area contributed by atoms with Gasteiger partial charge in [0.15, 0.2) is 0 Å². The van der Waals surface area contributed by atoms with Gasteiger partial charge in [-0.25, -0.2) is 9.18 Å². The normalized spacial score (nSPS) is 10.9. The lowest BCUT2D eigenvalue weighted by molar-refractivity contribution is -0.120. The van der Waals surface area contributed by atoms with Crippen molar-refractivity contribution in [3.8, 4) is 0 Å². The number of carbonyl (C=O) groups excluding carboxylic acids is 1. The van der Waals surface area contributed by atoms with E-state index in [-0.39, 0.29) is 44.7 Å². The molecular formula is C19H12Cl3FN2O4. The van der Waals surface area contributed by atoms with Crippen LogP contribution in [-0.2, 0) is 17.8 Å². The van der Waals surface area contributed by atoms with E-state index in [1.54, 1.807) is 0 Å². The van der Waals surface area contributed by atoms with Gasteiger partial charge in [-0.1, -0.05) is 40.9 Å². The number of benzene rings is 2. The molecule has 3 aromatic rings. The second-order valence-corrected chi connectivity index (χ2v) is 7.28. The predicted octanol–water partition coefficient (Wildman–Crippen LogP) is 4.18. The van der Waals surface area contributed by atoms with E-state index in [4.69, 9.17) is 39.9 Å².